The Morgan fingerprint density at radius 1 is 1.08 bits per heavy atom. The molecule has 0 radical (unpaired) electrons. The first-order valence-electron chi connectivity index (χ1n) is 8.51. The van der Waals surface area contributed by atoms with E-state index < -0.39 is 0 Å². The third-order valence-electron chi connectivity index (χ3n) is 4.21. The van der Waals surface area contributed by atoms with Crippen molar-refractivity contribution in [3.05, 3.63) is 70.2 Å². The predicted octanol–water partition coefficient (Wildman–Crippen LogP) is 4.43. The highest BCUT2D eigenvalue weighted by Gasteiger charge is 2.11. The summed E-state index contributed by atoms with van der Waals surface area (Å²) in [6.07, 6.45) is 0. The van der Waals surface area contributed by atoms with E-state index in [1.807, 2.05) is 69.3 Å². The number of hydrogen-bond acceptors (Lipinski definition) is 4. The lowest BCUT2D eigenvalue weighted by molar-refractivity contribution is -0.123. The first-order chi connectivity index (χ1) is 12.5. The summed E-state index contributed by atoms with van der Waals surface area (Å²) in [7, 11) is 0. The van der Waals surface area contributed by atoms with Crippen molar-refractivity contribution in [1.29, 1.82) is 0 Å². The normalized spacial score (nSPS) is 10.6. The third-order valence-corrected chi connectivity index (χ3v) is 5.41. The summed E-state index contributed by atoms with van der Waals surface area (Å²) in [5.74, 6) is 0.570. The number of ether oxygens (including phenoxy) is 1. The quantitative estimate of drug-likeness (QED) is 0.702. The van der Waals surface area contributed by atoms with E-state index in [1.165, 1.54) is 5.56 Å². The van der Waals surface area contributed by atoms with Crippen LogP contribution in [0.2, 0.25) is 0 Å². The van der Waals surface area contributed by atoms with Gasteiger partial charge in [0.25, 0.3) is 5.91 Å². The molecule has 1 heterocycles. The van der Waals surface area contributed by atoms with Gasteiger partial charge in [-0.2, -0.15) is 0 Å². The molecule has 0 spiro atoms. The lowest BCUT2D eigenvalue weighted by atomic mass is 10.1. The number of aryl methyl sites for hydroxylation is 3. The molecule has 2 aromatic carbocycles. The molecule has 0 aliphatic heterocycles. The molecule has 3 rings (SSSR count). The number of thiazole rings is 1. The van der Waals surface area contributed by atoms with Crippen molar-refractivity contribution < 1.29 is 9.53 Å². The highest BCUT2D eigenvalue weighted by atomic mass is 32.1. The van der Waals surface area contributed by atoms with Crippen molar-refractivity contribution in [2.24, 2.45) is 0 Å². The van der Waals surface area contributed by atoms with Gasteiger partial charge in [-0.1, -0.05) is 36.4 Å². The summed E-state index contributed by atoms with van der Waals surface area (Å²) >= 11 is 1.61. The van der Waals surface area contributed by atoms with Crippen molar-refractivity contribution in [2.75, 3.05) is 6.61 Å². The molecule has 0 unspecified atom stereocenters. The number of rotatable bonds is 6. The topological polar surface area (TPSA) is 51.2 Å². The van der Waals surface area contributed by atoms with E-state index in [9.17, 15) is 4.79 Å². The summed E-state index contributed by atoms with van der Waals surface area (Å²) in [6.45, 7) is 6.51. The second-order valence-electron chi connectivity index (χ2n) is 6.21. The van der Waals surface area contributed by atoms with E-state index >= 15 is 0 Å². The first kappa shape index (κ1) is 18.1. The van der Waals surface area contributed by atoms with Crippen LogP contribution < -0.4 is 10.1 Å². The lowest BCUT2D eigenvalue weighted by Crippen LogP contribution is -2.28. The number of nitrogens with zero attached hydrogens (tertiary/aromatic N) is 1. The lowest BCUT2D eigenvalue weighted by Gasteiger charge is -2.08. The van der Waals surface area contributed by atoms with Gasteiger partial charge in [-0.05, 0) is 44.0 Å². The maximum atomic E-state index is 12.1. The number of benzene rings is 2. The average Bonchev–Trinajstić information content (AvgIpc) is 3.02. The molecule has 134 valence electrons. The Kier molecular flexibility index (Phi) is 5.68. The number of amides is 1. The van der Waals surface area contributed by atoms with Gasteiger partial charge in [-0.3, -0.25) is 4.79 Å². The zero-order valence-electron chi connectivity index (χ0n) is 15.2. The zero-order chi connectivity index (χ0) is 18.5. The van der Waals surface area contributed by atoms with Crippen LogP contribution in [0.5, 0.6) is 5.75 Å². The van der Waals surface area contributed by atoms with Crippen LogP contribution in [0.1, 0.15) is 21.7 Å². The highest BCUT2D eigenvalue weighted by Crippen LogP contribution is 2.27. The van der Waals surface area contributed by atoms with Gasteiger partial charge in [-0.15, -0.1) is 11.3 Å². The van der Waals surface area contributed by atoms with Gasteiger partial charge in [0.1, 0.15) is 10.8 Å². The monoisotopic (exact) mass is 366 g/mol. The first-order valence-corrected chi connectivity index (χ1v) is 9.33. The van der Waals surface area contributed by atoms with Crippen LogP contribution >= 0.6 is 11.3 Å². The highest BCUT2D eigenvalue weighted by molar-refractivity contribution is 7.15. The van der Waals surface area contributed by atoms with Crippen molar-refractivity contribution in [3.63, 3.8) is 0 Å². The van der Waals surface area contributed by atoms with E-state index in [2.05, 4.69) is 10.3 Å². The Hall–Kier alpha value is -2.66. The van der Waals surface area contributed by atoms with Gasteiger partial charge in [-0.25, -0.2) is 4.98 Å². The molecule has 0 atom stereocenters. The standard InChI is InChI=1S/C21H22N2O2S/c1-14-9-10-18(11-15(14)2)25-13-20(24)22-12-19-16(3)23-21(26-19)17-7-5-4-6-8-17/h4-11H,12-13H2,1-3H3,(H,22,24). The number of carbonyl (C=O) groups is 1. The molecular formula is C21H22N2O2S. The van der Waals surface area contributed by atoms with Crippen LogP contribution in [0.25, 0.3) is 10.6 Å². The van der Waals surface area contributed by atoms with Gasteiger partial charge in [0.2, 0.25) is 0 Å². The Morgan fingerprint density at radius 2 is 1.85 bits per heavy atom. The van der Waals surface area contributed by atoms with Crippen molar-refractivity contribution >= 4 is 17.2 Å². The molecule has 0 fully saturated rings. The third kappa shape index (κ3) is 4.49. The Balaban J connectivity index is 1.54. The van der Waals surface area contributed by atoms with Crippen molar-refractivity contribution in [3.8, 4) is 16.3 Å². The maximum absolute atomic E-state index is 12.1. The van der Waals surface area contributed by atoms with Gasteiger partial charge in [0.05, 0.1) is 12.2 Å². The van der Waals surface area contributed by atoms with Crippen LogP contribution in [-0.2, 0) is 11.3 Å². The van der Waals surface area contributed by atoms with E-state index in [0.717, 1.165) is 26.7 Å². The SMILES string of the molecule is Cc1ccc(OCC(=O)NCc2sc(-c3ccccc3)nc2C)cc1C. The molecule has 0 saturated carbocycles. The summed E-state index contributed by atoms with van der Waals surface area (Å²) in [4.78, 5) is 17.7. The van der Waals surface area contributed by atoms with Gasteiger partial charge in [0.15, 0.2) is 6.61 Å². The molecule has 5 heteroatoms. The molecule has 0 aliphatic carbocycles. The Bertz CT molecular complexity index is 904. The Labute approximate surface area is 157 Å². The number of hydrogen-bond donors (Lipinski definition) is 1. The van der Waals surface area contributed by atoms with E-state index in [0.29, 0.717) is 12.3 Å². The van der Waals surface area contributed by atoms with E-state index in [1.54, 1.807) is 11.3 Å². The van der Waals surface area contributed by atoms with Crippen LogP contribution in [0.4, 0.5) is 0 Å². The fraction of sp³-hybridized carbons (Fsp3) is 0.238. The minimum atomic E-state index is -0.141. The largest absolute Gasteiger partial charge is 0.484 e. The molecule has 0 saturated heterocycles. The minimum Gasteiger partial charge on any atom is -0.484 e. The van der Waals surface area contributed by atoms with E-state index in [-0.39, 0.29) is 12.5 Å². The van der Waals surface area contributed by atoms with Crippen LogP contribution in [0, 0.1) is 20.8 Å². The Morgan fingerprint density at radius 3 is 2.58 bits per heavy atom. The van der Waals surface area contributed by atoms with E-state index in [4.69, 9.17) is 4.74 Å². The summed E-state index contributed by atoms with van der Waals surface area (Å²) < 4.78 is 5.57. The number of aromatic nitrogens is 1. The van der Waals surface area contributed by atoms with Crippen LogP contribution in [0.15, 0.2) is 48.5 Å². The number of nitrogens with one attached hydrogen (secondary N) is 1. The maximum Gasteiger partial charge on any atom is 0.258 e. The molecule has 4 nitrogen and oxygen atoms in total. The fourth-order valence-corrected chi connectivity index (χ4v) is 3.49. The van der Waals surface area contributed by atoms with Crippen molar-refractivity contribution in [1.82, 2.24) is 10.3 Å². The average molecular weight is 366 g/mol. The smallest absolute Gasteiger partial charge is 0.258 e. The second-order valence-corrected chi connectivity index (χ2v) is 7.29. The molecule has 1 N–H and O–H groups in total. The molecule has 26 heavy (non-hydrogen) atoms. The fourth-order valence-electron chi connectivity index (χ4n) is 2.48. The molecular weight excluding hydrogens is 344 g/mol. The minimum absolute atomic E-state index is 0.00585. The van der Waals surface area contributed by atoms with Gasteiger partial charge in [0, 0.05) is 10.4 Å². The molecule has 1 amide bonds. The summed E-state index contributed by atoms with van der Waals surface area (Å²) in [6, 6.07) is 15.9. The van der Waals surface area contributed by atoms with Gasteiger partial charge >= 0.3 is 0 Å². The van der Waals surface area contributed by atoms with Crippen LogP contribution in [0.3, 0.4) is 0 Å². The predicted molar refractivity (Wildman–Crippen MR) is 106 cm³/mol. The van der Waals surface area contributed by atoms with Crippen molar-refractivity contribution in [2.45, 2.75) is 27.3 Å². The molecule has 0 aliphatic rings. The zero-order valence-corrected chi connectivity index (χ0v) is 16.0. The molecule has 3 aromatic rings. The van der Waals surface area contributed by atoms with Crippen LogP contribution in [-0.4, -0.2) is 17.5 Å². The second kappa shape index (κ2) is 8.15. The summed E-state index contributed by atoms with van der Waals surface area (Å²) in [5.41, 5.74) is 4.40. The number of carbonyl (C=O) groups excluding carboxylic acids is 1. The molecule has 1 aromatic heterocycles. The molecule has 0 bridgehead atoms. The van der Waals surface area contributed by atoms with Gasteiger partial charge < -0.3 is 10.1 Å². The summed E-state index contributed by atoms with van der Waals surface area (Å²) in [5, 5.41) is 3.88.